The van der Waals surface area contributed by atoms with Gasteiger partial charge in [0.1, 0.15) is 5.75 Å². The molecule has 0 saturated heterocycles. The van der Waals surface area contributed by atoms with Crippen LogP contribution in [0, 0.1) is 0 Å². The number of carbonyl (C=O) groups excluding carboxylic acids is 1. The Morgan fingerprint density at radius 1 is 1.38 bits per heavy atom. The molecule has 1 heterocycles. The van der Waals surface area contributed by atoms with Crippen LogP contribution in [-0.2, 0) is 0 Å². The number of ketones is 1. The first-order valence-corrected chi connectivity index (χ1v) is 4.74. The highest BCUT2D eigenvalue weighted by molar-refractivity contribution is 6.07. The Balaban J connectivity index is 2.35. The average Bonchev–Trinajstić information content (AvgIpc) is 2.81. The molecule has 0 bridgehead atoms. The standard InChI is InChI=1S/C12H11NO3/c1-15-10-5-4-8(7-9(10)13)12(14)11-3-2-6-16-11/h2-7H,13H2,1H3. The molecule has 0 aliphatic heterocycles. The Labute approximate surface area is 92.6 Å². The molecule has 2 N–H and O–H groups in total. The topological polar surface area (TPSA) is 65.5 Å². The van der Waals surface area contributed by atoms with E-state index in [0.717, 1.165) is 0 Å². The predicted molar refractivity (Wildman–Crippen MR) is 59.5 cm³/mol. The van der Waals surface area contributed by atoms with E-state index in [-0.39, 0.29) is 5.78 Å². The van der Waals surface area contributed by atoms with Gasteiger partial charge < -0.3 is 14.9 Å². The van der Waals surface area contributed by atoms with Crippen LogP contribution in [0.4, 0.5) is 5.69 Å². The lowest BCUT2D eigenvalue weighted by molar-refractivity contribution is 0.101. The number of methoxy groups -OCH3 is 1. The predicted octanol–water partition coefficient (Wildman–Crippen LogP) is 2.10. The van der Waals surface area contributed by atoms with Gasteiger partial charge >= 0.3 is 0 Å². The lowest BCUT2D eigenvalue weighted by atomic mass is 10.1. The van der Waals surface area contributed by atoms with E-state index in [2.05, 4.69) is 0 Å². The summed E-state index contributed by atoms with van der Waals surface area (Å²) >= 11 is 0. The molecular weight excluding hydrogens is 206 g/mol. The van der Waals surface area contributed by atoms with Crippen molar-refractivity contribution in [2.75, 3.05) is 12.8 Å². The van der Waals surface area contributed by atoms with Crippen molar-refractivity contribution in [1.29, 1.82) is 0 Å². The minimum atomic E-state index is -0.195. The monoisotopic (exact) mass is 217 g/mol. The van der Waals surface area contributed by atoms with E-state index in [1.807, 2.05) is 0 Å². The van der Waals surface area contributed by atoms with Gasteiger partial charge in [-0.3, -0.25) is 4.79 Å². The van der Waals surface area contributed by atoms with Crippen molar-refractivity contribution in [1.82, 2.24) is 0 Å². The Bertz CT molecular complexity index is 503. The summed E-state index contributed by atoms with van der Waals surface area (Å²) in [6, 6.07) is 8.16. The summed E-state index contributed by atoms with van der Waals surface area (Å²) in [5.74, 6) is 0.653. The van der Waals surface area contributed by atoms with Gasteiger partial charge in [-0.25, -0.2) is 0 Å². The minimum Gasteiger partial charge on any atom is -0.495 e. The molecule has 0 saturated carbocycles. The van der Waals surface area contributed by atoms with Crippen LogP contribution in [0.3, 0.4) is 0 Å². The van der Waals surface area contributed by atoms with Crippen LogP contribution in [0.1, 0.15) is 16.1 Å². The molecule has 4 heteroatoms. The van der Waals surface area contributed by atoms with E-state index < -0.39 is 0 Å². The zero-order valence-corrected chi connectivity index (χ0v) is 8.77. The quantitative estimate of drug-likeness (QED) is 0.631. The van der Waals surface area contributed by atoms with Gasteiger partial charge in [-0.1, -0.05) is 0 Å². The van der Waals surface area contributed by atoms with Crippen molar-refractivity contribution >= 4 is 11.5 Å². The molecular formula is C12H11NO3. The highest BCUT2D eigenvalue weighted by Gasteiger charge is 2.13. The van der Waals surface area contributed by atoms with Crippen LogP contribution in [0.2, 0.25) is 0 Å². The molecule has 0 aliphatic rings. The van der Waals surface area contributed by atoms with Gasteiger partial charge in [-0.2, -0.15) is 0 Å². The summed E-state index contributed by atoms with van der Waals surface area (Å²) in [7, 11) is 1.53. The lowest BCUT2D eigenvalue weighted by Gasteiger charge is -2.05. The first-order valence-electron chi connectivity index (χ1n) is 4.74. The fourth-order valence-electron chi connectivity index (χ4n) is 1.43. The van der Waals surface area contributed by atoms with E-state index in [1.165, 1.54) is 13.4 Å². The van der Waals surface area contributed by atoms with E-state index in [9.17, 15) is 4.79 Å². The summed E-state index contributed by atoms with van der Waals surface area (Å²) in [5.41, 5.74) is 6.63. The van der Waals surface area contributed by atoms with Gasteiger partial charge in [0.25, 0.3) is 0 Å². The summed E-state index contributed by atoms with van der Waals surface area (Å²) in [6.45, 7) is 0. The van der Waals surface area contributed by atoms with Gasteiger partial charge in [-0.15, -0.1) is 0 Å². The van der Waals surface area contributed by atoms with Crippen LogP contribution in [-0.4, -0.2) is 12.9 Å². The summed E-state index contributed by atoms with van der Waals surface area (Å²) in [4.78, 5) is 11.9. The maximum atomic E-state index is 11.9. The average molecular weight is 217 g/mol. The van der Waals surface area contributed by atoms with Crippen molar-refractivity contribution in [3.63, 3.8) is 0 Å². The number of benzene rings is 1. The molecule has 82 valence electrons. The second kappa shape index (κ2) is 4.10. The smallest absolute Gasteiger partial charge is 0.228 e. The number of ether oxygens (including phenoxy) is 1. The molecule has 0 radical (unpaired) electrons. The highest BCUT2D eigenvalue weighted by Crippen LogP contribution is 2.23. The van der Waals surface area contributed by atoms with Gasteiger partial charge in [0.05, 0.1) is 19.1 Å². The minimum absolute atomic E-state index is 0.195. The number of nitrogens with two attached hydrogens (primary N) is 1. The van der Waals surface area contributed by atoms with Crippen LogP contribution >= 0.6 is 0 Å². The maximum absolute atomic E-state index is 11.9. The number of nitrogen functional groups attached to an aromatic ring is 1. The van der Waals surface area contributed by atoms with Crippen LogP contribution < -0.4 is 10.5 Å². The number of carbonyl (C=O) groups is 1. The van der Waals surface area contributed by atoms with Crippen molar-refractivity contribution in [2.24, 2.45) is 0 Å². The molecule has 0 aliphatic carbocycles. The first kappa shape index (κ1) is 10.3. The Hall–Kier alpha value is -2.23. The van der Waals surface area contributed by atoms with Crippen molar-refractivity contribution in [3.05, 3.63) is 47.9 Å². The zero-order chi connectivity index (χ0) is 11.5. The fourth-order valence-corrected chi connectivity index (χ4v) is 1.43. The van der Waals surface area contributed by atoms with E-state index in [1.54, 1.807) is 30.3 Å². The lowest BCUT2D eigenvalue weighted by Crippen LogP contribution is -2.01. The van der Waals surface area contributed by atoms with Gasteiger partial charge in [0.2, 0.25) is 5.78 Å². The third-order valence-electron chi connectivity index (χ3n) is 2.24. The second-order valence-corrected chi connectivity index (χ2v) is 3.26. The molecule has 0 atom stereocenters. The zero-order valence-electron chi connectivity index (χ0n) is 8.77. The Morgan fingerprint density at radius 2 is 2.19 bits per heavy atom. The van der Waals surface area contributed by atoms with Crippen molar-refractivity contribution in [2.45, 2.75) is 0 Å². The fraction of sp³-hybridized carbons (Fsp3) is 0.0833. The molecule has 0 spiro atoms. The van der Waals surface area contributed by atoms with Gasteiger partial charge in [0, 0.05) is 5.56 Å². The Kier molecular flexibility index (Phi) is 2.64. The SMILES string of the molecule is COc1ccc(C(=O)c2ccco2)cc1N. The molecule has 4 nitrogen and oxygen atoms in total. The summed E-state index contributed by atoms with van der Waals surface area (Å²) in [6.07, 6.45) is 1.46. The molecule has 0 unspecified atom stereocenters. The maximum Gasteiger partial charge on any atom is 0.228 e. The van der Waals surface area contributed by atoms with Crippen LogP contribution in [0.25, 0.3) is 0 Å². The van der Waals surface area contributed by atoms with E-state index in [4.69, 9.17) is 14.9 Å². The summed E-state index contributed by atoms with van der Waals surface area (Å²) in [5, 5.41) is 0. The van der Waals surface area contributed by atoms with E-state index >= 15 is 0 Å². The van der Waals surface area contributed by atoms with Gasteiger partial charge in [-0.05, 0) is 30.3 Å². The van der Waals surface area contributed by atoms with Crippen LogP contribution in [0.5, 0.6) is 5.75 Å². The number of rotatable bonds is 3. The number of hydrogen-bond acceptors (Lipinski definition) is 4. The molecule has 0 fully saturated rings. The van der Waals surface area contributed by atoms with E-state index in [0.29, 0.717) is 22.8 Å². The van der Waals surface area contributed by atoms with Crippen molar-refractivity contribution in [3.8, 4) is 5.75 Å². The van der Waals surface area contributed by atoms with Crippen molar-refractivity contribution < 1.29 is 13.9 Å². The molecule has 1 aromatic carbocycles. The number of hydrogen-bond donors (Lipinski definition) is 1. The molecule has 2 aromatic rings. The number of anilines is 1. The molecule has 16 heavy (non-hydrogen) atoms. The molecule has 2 rings (SSSR count). The van der Waals surface area contributed by atoms with Crippen LogP contribution in [0.15, 0.2) is 41.0 Å². The largest absolute Gasteiger partial charge is 0.495 e. The normalized spacial score (nSPS) is 10.1. The second-order valence-electron chi connectivity index (χ2n) is 3.26. The highest BCUT2D eigenvalue weighted by atomic mass is 16.5. The first-order chi connectivity index (χ1) is 7.72. The third kappa shape index (κ3) is 1.77. The molecule has 0 amide bonds. The summed E-state index contributed by atoms with van der Waals surface area (Å²) < 4.78 is 10.0. The third-order valence-corrected chi connectivity index (χ3v) is 2.24. The van der Waals surface area contributed by atoms with Gasteiger partial charge in [0.15, 0.2) is 5.76 Å². The Morgan fingerprint density at radius 3 is 2.75 bits per heavy atom. The number of furan rings is 1. The molecule has 1 aromatic heterocycles.